The predicted molar refractivity (Wildman–Crippen MR) is 70.1 cm³/mol. The fourth-order valence-corrected chi connectivity index (χ4v) is 1.93. The number of hydrazone groups is 1. The zero-order chi connectivity index (χ0) is 12.1. The maximum atomic E-state index is 11.8. The van der Waals surface area contributed by atoms with Gasteiger partial charge in [0.2, 0.25) is 5.91 Å². The Hall–Kier alpha value is -1.64. The molecule has 0 fully saturated rings. The van der Waals surface area contributed by atoms with Gasteiger partial charge in [-0.15, -0.1) is 0 Å². The van der Waals surface area contributed by atoms with Crippen LogP contribution in [0.2, 0.25) is 0 Å². The molecule has 1 heterocycles. The highest BCUT2D eigenvalue weighted by Gasteiger charge is 2.21. The molecule has 0 saturated heterocycles. The lowest BCUT2D eigenvalue weighted by atomic mass is 10.1. The van der Waals surface area contributed by atoms with Gasteiger partial charge in [-0.2, -0.15) is 5.10 Å². The van der Waals surface area contributed by atoms with Gasteiger partial charge in [-0.1, -0.05) is 31.5 Å². The summed E-state index contributed by atoms with van der Waals surface area (Å²) in [5.41, 5.74) is 2.02. The summed E-state index contributed by atoms with van der Waals surface area (Å²) in [6.07, 6.45) is 4.72. The highest BCUT2D eigenvalue weighted by Crippen LogP contribution is 2.20. The molecule has 0 radical (unpaired) electrons. The number of nitrogens with zero attached hydrogens (tertiary/aromatic N) is 2. The Morgan fingerprint density at radius 3 is 2.71 bits per heavy atom. The van der Waals surface area contributed by atoms with E-state index < -0.39 is 0 Å². The fraction of sp³-hybridized carbons (Fsp3) is 0.429. The molecule has 2 rings (SSSR count). The van der Waals surface area contributed by atoms with Crippen LogP contribution in [0.3, 0.4) is 0 Å². The van der Waals surface area contributed by atoms with Crippen molar-refractivity contribution in [3.8, 4) is 0 Å². The van der Waals surface area contributed by atoms with Gasteiger partial charge >= 0.3 is 0 Å². The Balaban J connectivity index is 2.17. The van der Waals surface area contributed by atoms with Gasteiger partial charge in [-0.05, 0) is 31.4 Å². The lowest BCUT2D eigenvalue weighted by Gasteiger charge is -2.23. The minimum atomic E-state index is 0.0939. The second-order valence-electron chi connectivity index (χ2n) is 4.31. The first-order chi connectivity index (χ1) is 8.31. The summed E-state index contributed by atoms with van der Waals surface area (Å²) in [5, 5.41) is 6.02. The van der Waals surface area contributed by atoms with Gasteiger partial charge in [0.25, 0.3) is 0 Å². The molecule has 3 heteroatoms. The van der Waals surface area contributed by atoms with Crippen molar-refractivity contribution in [3.63, 3.8) is 0 Å². The average Bonchev–Trinajstić information content (AvgIpc) is 2.39. The van der Waals surface area contributed by atoms with E-state index in [0.717, 1.165) is 37.1 Å². The van der Waals surface area contributed by atoms with Crippen LogP contribution in [-0.4, -0.2) is 11.6 Å². The van der Waals surface area contributed by atoms with E-state index in [1.54, 1.807) is 5.01 Å². The first-order valence-corrected chi connectivity index (χ1v) is 6.25. The molecule has 0 atom stereocenters. The summed E-state index contributed by atoms with van der Waals surface area (Å²) in [6, 6.07) is 9.64. The maximum Gasteiger partial charge on any atom is 0.247 e. The van der Waals surface area contributed by atoms with Gasteiger partial charge in [-0.25, -0.2) is 5.01 Å². The third-order valence-electron chi connectivity index (χ3n) is 2.92. The Morgan fingerprint density at radius 2 is 2.00 bits per heavy atom. The fourth-order valence-electron chi connectivity index (χ4n) is 1.93. The molecule has 1 aliphatic rings. The van der Waals surface area contributed by atoms with Gasteiger partial charge in [0.1, 0.15) is 0 Å². The van der Waals surface area contributed by atoms with Crippen molar-refractivity contribution in [2.45, 2.75) is 39.0 Å². The molecule has 17 heavy (non-hydrogen) atoms. The van der Waals surface area contributed by atoms with Gasteiger partial charge in [-0.3, -0.25) is 4.79 Å². The molecule has 0 spiro atoms. The number of amides is 1. The molecular formula is C14H18N2O. The largest absolute Gasteiger partial charge is 0.273 e. The van der Waals surface area contributed by atoms with Gasteiger partial charge in [0.05, 0.1) is 5.69 Å². The van der Waals surface area contributed by atoms with Gasteiger partial charge in [0.15, 0.2) is 0 Å². The van der Waals surface area contributed by atoms with Gasteiger partial charge in [0, 0.05) is 12.1 Å². The molecule has 0 unspecified atom stereocenters. The van der Waals surface area contributed by atoms with Crippen LogP contribution in [0, 0.1) is 0 Å². The van der Waals surface area contributed by atoms with Crippen LogP contribution in [0.1, 0.15) is 39.0 Å². The third kappa shape index (κ3) is 2.93. The molecule has 0 aromatic heterocycles. The van der Waals surface area contributed by atoms with Crippen LogP contribution in [0.5, 0.6) is 0 Å². The molecule has 1 aliphatic heterocycles. The first-order valence-electron chi connectivity index (χ1n) is 6.25. The normalized spacial score (nSPS) is 15.9. The molecule has 0 bridgehead atoms. The molecule has 0 saturated carbocycles. The van der Waals surface area contributed by atoms with E-state index in [1.165, 1.54) is 0 Å². The van der Waals surface area contributed by atoms with E-state index in [-0.39, 0.29) is 5.91 Å². The van der Waals surface area contributed by atoms with Crippen molar-refractivity contribution in [1.29, 1.82) is 0 Å². The maximum absolute atomic E-state index is 11.8. The first kappa shape index (κ1) is 11.8. The van der Waals surface area contributed by atoms with Crippen molar-refractivity contribution < 1.29 is 4.79 Å². The summed E-state index contributed by atoms with van der Waals surface area (Å²) in [5.74, 6) is 0.0939. The molecule has 1 amide bonds. The van der Waals surface area contributed by atoms with Crippen molar-refractivity contribution in [3.05, 3.63) is 30.3 Å². The number of hydrogen-bond donors (Lipinski definition) is 0. The summed E-state index contributed by atoms with van der Waals surface area (Å²) < 4.78 is 0. The second kappa shape index (κ2) is 5.62. The van der Waals surface area contributed by atoms with E-state index >= 15 is 0 Å². The molecule has 1 aromatic rings. The van der Waals surface area contributed by atoms with Crippen LogP contribution in [0.25, 0.3) is 0 Å². The molecule has 0 N–H and O–H groups in total. The zero-order valence-corrected chi connectivity index (χ0v) is 10.2. The Labute approximate surface area is 102 Å². The molecule has 90 valence electrons. The van der Waals surface area contributed by atoms with Crippen LogP contribution in [-0.2, 0) is 4.79 Å². The number of carbonyl (C=O) groups is 1. The Kier molecular flexibility index (Phi) is 3.91. The summed E-state index contributed by atoms with van der Waals surface area (Å²) in [7, 11) is 0. The Bertz CT molecular complexity index is 411. The standard InChI is InChI=1S/C14H18N2O/c1-2-3-7-12-10-11-14(17)16(15-12)13-8-5-4-6-9-13/h4-6,8-9H,2-3,7,10-11H2,1H3. The smallest absolute Gasteiger partial charge is 0.247 e. The van der Waals surface area contributed by atoms with E-state index in [0.29, 0.717) is 6.42 Å². The second-order valence-corrected chi connectivity index (χ2v) is 4.31. The Morgan fingerprint density at radius 1 is 1.24 bits per heavy atom. The molecule has 3 nitrogen and oxygen atoms in total. The number of carbonyl (C=O) groups excluding carboxylic acids is 1. The topological polar surface area (TPSA) is 32.7 Å². The van der Waals surface area contributed by atoms with Crippen LogP contribution in [0.4, 0.5) is 5.69 Å². The van der Waals surface area contributed by atoms with E-state index in [1.807, 2.05) is 30.3 Å². The average molecular weight is 230 g/mol. The van der Waals surface area contributed by atoms with E-state index in [9.17, 15) is 4.79 Å². The third-order valence-corrected chi connectivity index (χ3v) is 2.92. The van der Waals surface area contributed by atoms with Crippen molar-refractivity contribution in [2.75, 3.05) is 5.01 Å². The lowest BCUT2D eigenvalue weighted by Crippen LogP contribution is -2.31. The SMILES string of the molecule is CCCCC1=NN(c2ccccc2)C(=O)CC1. The van der Waals surface area contributed by atoms with Crippen LogP contribution in [0.15, 0.2) is 35.4 Å². The quantitative estimate of drug-likeness (QED) is 0.780. The minimum absolute atomic E-state index is 0.0939. The highest BCUT2D eigenvalue weighted by atomic mass is 16.2. The number of hydrogen-bond acceptors (Lipinski definition) is 2. The van der Waals surface area contributed by atoms with E-state index in [4.69, 9.17) is 0 Å². The van der Waals surface area contributed by atoms with Crippen molar-refractivity contribution in [1.82, 2.24) is 0 Å². The lowest BCUT2D eigenvalue weighted by molar-refractivity contribution is -0.118. The van der Waals surface area contributed by atoms with Crippen LogP contribution >= 0.6 is 0 Å². The number of rotatable bonds is 4. The van der Waals surface area contributed by atoms with Crippen molar-refractivity contribution in [2.24, 2.45) is 5.10 Å². The molecular weight excluding hydrogens is 212 g/mol. The molecule has 0 aliphatic carbocycles. The monoisotopic (exact) mass is 230 g/mol. The summed E-state index contributed by atoms with van der Waals surface area (Å²) >= 11 is 0. The van der Waals surface area contributed by atoms with Crippen molar-refractivity contribution >= 4 is 17.3 Å². The van der Waals surface area contributed by atoms with E-state index in [2.05, 4.69) is 12.0 Å². The molecule has 1 aromatic carbocycles. The number of benzene rings is 1. The zero-order valence-electron chi connectivity index (χ0n) is 10.2. The minimum Gasteiger partial charge on any atom is -0.273 e. The summed E-state index contributed by atoms with van der Waals surface area (Å²) in [4.78, 5) is 11.8. The highest BCUT2D eigenvalue weighted by molar-refractivity contribution is 6.01. The summed E-state index contributed by atoms with van der Waals surface area (Å²) in [6.45, 7) is 2.17. The number of para-hydroxylation sites is 1. The number of anilines is 1. The predicted octanol–water partition coefficient (Wildman–Crippen LogP) is 3.36. The van der Waals surface area contributed by atoms with Crippen LogP contribution < -0.4 is 5.01 Å². The number of unbranched alkanes of at least 4 members (excludes halogenated alkanes) is 1. The van der Waals surface area contributed by atoms with Gasteiger partial charge < -0.3 is 0 Å².